The molecule has 0 bridgehead atoms. The maximum Gasteiger partial charge on any atom is 0.511 e. The molecule has 0 spiro atoms. The zero-order valence-electron chi connectivity index (χ0n) is 9.16. The normalized spacial score (nSPS) is 11.9. The summed E-state index contributed by atoms with van der Waals surface area (Å²) in [5.41, 5.74) is -0.734. The molecule has 0 saturated heterocycles. The van der Waals surface area contributed by atoms with Crippen LogP contribution in [-0.2, 0) is 0 Å². The fraction of sp³-hybridized carbons (Fsp3) is 0.444. The minimum Gasteiger partial charge on any atom is -0.491 e. The van der Waals surface area contributed by atoms with Crippen LogP contribution in [0.5, 0.6) is 5.75 Å². The first-order valence-corrected chi connectivity index (χ1v) is 4.82. The molecule has 1 heterocycles. The molecule has 0 amide bonds. The van der Waals surface area contributed by atoms with Gasteiger partial charge in [-0.05, 0) is 20.2 Å². The van der Waals surface area contributed by atoms with Crippen molar-refractivity contribution in [1.82, 2.24) is 9.88 Å². The van der Waals surface area contributed by atoms with Gasteiger partial charge in [-0.1, -0.05) is 5.46 Å². The highest BCUT2D eigenvalue weighted by molar-refractivity contribution is 6.73. The fourth-order valence-corrected chi connectivity index (χ4v) is 1.04. The molecule has 0 fully saturated rings. The van der Waals surface area contributed by atoms with Gasteiger partial charge in [0.05, 0.1) is 6.20 Å². The van der Waals surface area contributed by atoms with Crippen molar-refractivity contribution in [3.05, 3.63) is 18.5 Å². The Kier molecular flexibility index (Phi) is 4.17. The van der Waals surface area contributed by atoms with Gasteiger partial charge in [0.25, 0.3) is 0 Å². The Morgan fingerprint density at radius 1 is 1.31 bits per heavy atom. The number of pyridine rings is 1. The molecule has 1 aromatic heterocycles. The molecule has 0 aliphatic carbocycles. The number of aromatic nitrogens is 1. The summed E-state index contributed by atoms with van der Waals surface area (Å²) in [7, 11) is 3.72. The van der Waals surface area contributed by atoms with Gasteiger partial charge in [-0.2, -0.15) is 0 Å². The third-order valence-electron chi connectivity index (χ3n) is 1.92. The average molecular weight is 233 g/mol. The van der Waals surface area contributed by atoms with Crippen LogP contribution in [0, 0.1) is 0 Å². The van der Waals surface area contributed by atoms with E-state index >= 15 is 0 Å². The minimum absolute atomic E-state index is 0.151. The van der Waals surface area contributed by atoms with E-state index in [4.69, 9.17) is 4.74 Å². The molecule has 3 nitrogen and oxygen atoms in total. The van der Waals surface area contributed by atoms with Crippen molar-refractivity contribution in [2.75, 3.05) is 27.2 Å². The number of rotatable bonds is 5. The molecule has 0 aliphatic heterocycles. The summed E-state index contributed by atoms with van der Waals surface area (Å²) < 4.78 is 42.3. The Bertz CT molecular complexity index is 344. The summed E-state index contributed by atoms with van der Waals surface area (Å²) in [5, 5.41) is 0. The number of hydrogen-bond donors (Lipinski definition) is 0. The Morgan fingerprint density at radius 2 is 2.00 bits per heavy atom. The van der Waals surface area contributed by atoms with Crippen molar-refractivity contribution in [1.29, 1.82) is 0 Å². The molecule has 0 atom stereocenters. The molecule has 1 rings (SSSR count). The lowest BCUT2D eigenvalue weighted by Crippen LogP contribution is -2.34. The second-order valence-corrected chi connectivity index (χ2v) is 3.68. The molecule has 90 valence electrons. The van der Waals surface area contributed by atoms with E-state index < -0.39 is 12.4 Å². The van der Waals surface area contributed by atoms with Crippen LogP contribution >= 0.6 is 0 Å². The Hall–Kier alpha value is -1.24. The molecular weight excluding hydrogens is 220 g/mol. The van der Waals surface area contributed by atoms with Gasteiger partial charge in [0, 0.05) is 12.7 Å². The zero-order valence-corrected chi connectivity index (χ0v) is 9.16. The Morgan fingerprint density at radius 3 is 2.56 bits per heavy atom. The van der Waals surface area contributed by atoms with E-state index in [0.717, 1.165) is 12.3 Å². The fourth-order valence-electron chi connectivity index (χ4n) is 1.04. The van der Waals surface area contributed by atoms with Crippen molar-refractivity contribution in [2.24, 2.45) is 0 Å². The van der Waals surface area contributed by atoms with Gasteiger partial charge in [0.2, 0.25) is 0 Å². The maximum absolute atomic E-state index is 12.4. The highest BCUT2D eigenvalue weighted by atomic mass is 19.4. The molecular formula is C9H13BF3N2O-. The Labute approximate surface area is 92.3 Å². The molecule has 0 radical (unpaired) electrons. The SMILES string of the molecule is CN(C)CCOc1cncc([B-](F)(F)F)c1. The third-order valence-corrected chi connectivity index (χ3v) is 1.92. The van der Waals surface area contributed by atoms with E-state index in [-0.39, 0.29) is 5.75 Å². The predicted molar refractivity (Wildman–Crippen MR) is 57.0 cm³/mol. The van der Waals surface area contributed by atoms with Crippen LogP contribution in [0.4, 0.5) is 12.9 Å². The van der Waals surface area contributed by atoms with Gasteiger partial charge in [-0.15, -0.1) is 0 Å². The topological polar surface area (TPSA) is 25.4 Å². The van der Waals surface area contributed by atoms with Crippen LogP contribution in [0.1, 0.15) is 0 Å². The summed E-state index contributed by atoms with van der Waals surface area (Å²) in [6.45, 7) is -4.03. The van der Waals surface area contributed by atoms with Gasteiger partial charge in [-0.25, -0.2) is 0 Å². The lowest BCUT2D eigenvalue weighted by atomic mass is 9.81. The van der Waals surface area contributed by atoms with Gasteiger partial charge in [-0.3, -0.25) is 4.98 Å². The third kappa shape index (κ3) is 4.10. The van der Waals surface area contributed by atoms with Crippen molar-refractivity contribution in [3.63, 3.8) is 0 Å². The summed E-state index contributed by atoms with van der Waals surface area (Å²) in [4.78, 5) is 5.39. The van der Waals surface area contributed by atoms with E-state index in [2.05, 4.69) is 4.98 Å². The molecule has 1 aromatic rings. The largest absolute Gasteiger partial charge is 0.511 e. The maximum atomic E-state index is 12.4. The highest BCUT2D eigenvalue weighted by Gasteiger charge is 2.26. The molecule has 0 N–H and O–H groups in total. The summed E-state index contributed by atoms with van der Waals surface area (Å²) >= 11 is 0. The van der Waals surface area contributed by atoms with Crippen LogP contribution in [-0.4, -0.2) is 44.1 Å². The van der Waals surface area contributed by atoms with Gasteiger partial charge in [0.15, 0.2) is 0 Å². The van der Waals surface area contributed by atoms with Crippen molar-refractivity contribution in [2.45, 2.75) is 0 Å². The van der Waals surface area contributed by atoms with E-state index in [9.17, 15) is 12.9 Å². The van der Waals surface area contributed by atoms with Crippen LogP contribution in [0.3, 0.4) is 0 Å². The number of nitrogens with zero attached hydrogens (tertiary/aromatic N) is 2. The average Bonchev–Trinajstić information content (AvgIpc) is 2.16. The number of likely N-dealkylation sites (N-methyl/N-ethyl adjacent to an activating group) is 1. The lowest BCUT2D eigenvalue weighted by molar-refractivity contribution is 0.260. The predicted octanol–water partition coefficient (Wildman–Crippen LogP) is 1.08. The van der Waals surface area contributed by atoms with E-state index in [0.29, 0.717) is 13.2 Å². The molecule has 16 heavy (non-hydrogen) atoms. The summed E-state index contributed by atoms with van der Waals surface area (Å²) in [6.07, 6.45) is 2.08. The summed E-state index contributed by atoms with van der Waals surface area (Å²) in [6, 6.07) is 0.975. The molecule has 0 aliphatic rings. The second kappa shape index (κ2) is 5.20. The first-order chi connectivity index (χ1) is 7.39. The molecule has 7 heteroatoms. The Balaban J connectivity index is 2.61. The zero-order chi connectivity index (χ0) is 12.2. The van der Waals surface area contributed by atoms with E-state index in [1.54, 1.807) is 0 Å². The smallest absolute Gasteiger partial charge is 0.491 e. The van der Waals surface area contributed by atoms with Gasteiger partial charge in [0.1, 0.15) is 12.4 Å². The van der Waals surface area contributed by atoms with Crippen LogP contribution in [0.15, 0.2) is 18.5 Å². The van der Waals surface area contributed by atoms with Crippen LogP contribution in [0.2, 0.25) is 0 Å². The highest BCUT2D eigenvalue weighted by Crippen LogP contribution is 2.12. The second-order valence-electron chi connectivity index (χ2n) is 3.68. The molecule has 0 saturated carbocycles. The van der Waals surface area contributed by atoms with Crippen LogP contribution < -0.4 is 10.2 Å². The number of halogens is 3. The monoisotopic (exact) mass is 233 g/mol. The van der Waals surface area contributed by atoms with Gasteiger partial charge < -0.3 is 22.6 Å². The summed E-state index contributed by atoms with van der Waals surface area (Å²) in [5.74, 6) is 0.151. The van der Waals surface area contributed by atoms with Crippen molar-refractivity contribution >= 4 is 12.4 Å². The number of ether oxygens (including phenoxy) is 1. The quantitative estimate of drug-likeness (QED) is 0.711. The first-order valence-electron chi connectivity index (χ1n) is 4.82. The van der Waals surface area contributed by atoms with Crippen LogP contribution in [0.25, 0.3) is 0 Å². The molecule has 0 aromatic carbocycles. The standard InChI is InChI=1S/C9H13BF3N2O/c1-15(2)3-4-16-9-5-8(6-14-7-9)10(11,12)13/h5-7H,3-4H2,1-2H3/q-1. The van der Waals surface area contributed by atoms with Gasteiger partial charge >= 0.3 is 6.98 Å². The van der Waals surface area contributed by atoms with E-state index in [1.807, 2.05) is 19.0 Å². The van der Waals surface area contributed by atoms with E-state index in [1.165, 1.54) is 6.20 Å². The number of hydrogen-bond acceptors (Lipinski definition) is 3. The minimum atomic E-state index is -5.01. The molecule has 0 unspecified atom stereocenters. The first kappa shape index (κ1) is 12.8. The lowest BCUT2D eigenvalue weighted by Gasteiger charge is -2.16. The van der Waals surface area contributed by atoms with Crippen molar-refractivity contribution in [3.8, 4) is 5.75 Å². The van der Waals surface area contributed by atoms with Crippen molar-refractivity contribution < 1.29 is 17.7 Å².